The second kappa shape index (κ2) is 15.8. The van der Waals surface area contributed by atoms with Gasteiger partial charge in [-0.15, -0.1) is 11.3 Å². The minimum atomic E-state index is -1.35. The number of hydrogen-bond acceptors (Lipinski definition) is 13. The molecule has 0 spiro atoms. The molecule has 11 nitrogen and oxygen atoms in total. The molecule has 8 rings (SSSR count). The highest BCUT2D eigenvalue weighted by atomic mass is 32.2. The molecule has 54 heavy (non-hydrogen) atoms. The van der Waals surface area contributed by atoms with Crippen molar-refractivity contribution in [2.24, 2.45) is 7.05 Å². The molecule has 16 heteroatoms. The third kappa shape index (κ3) is 7.04. The van der Waals surface area contributed by atoms with Crippen molar-refractivity contribution in [1.29, 1.82) is 0 Å². The molecule has 0 aromatic carbocycles. The molecule has 2 unspecified atom stereocenters. The molecule has 0 radical (unpaired) electrons. The average molecular weight is 811 g/mol. The molecule has 0 bridgehead atoms. The molecule has 8 aromatic heterocycles. The maximum Gasteiger partial charge on any atom is 0.232 e. The first-order chi connectivity index (χ1) is 26.3. The fraction of sp³-hybridized carbons (Fsp3) is 0.211. The van der Waals surface area contributed by atoms with Crippen molar-refractivity contribution in [2.45, 2.75) is 28.2 Å². The van der Waals surface area contributed by atoms with E-state index in [0.29, 0.717) is 50.6 Å². The predicted octanol–water partition coefficient (Wildman–Crippen LogP) is 8.00. The van der Waals surface area contributed by atoms with Gasteiger partial charge in [0.2, 0.25) is 8.42 Å². The number of aromatic nitrogens is 7. The van der Waals surface area contributed by atoms with E-state index in [1.54, 1.807) is 25.7 Å². The largest absolute Gasteiger partial charge is 0.611 e. The first kappa shape index (κ1) is 36.7. The summed E-state index contributed by atoms with van der Waals surface area (Å²) in [6.07, 6.45) is 8.44. The molecule has 2 N–H and O–H groups in total. The van der Waals surface area contributed by atoms with Crippen molar-refractivity contribution in [3.05, 3.63) is 90.1 Å². The van der Waals surface area contributed by atoms with E-state index in [0.717, 1.165) is 70.8 Å². The number of nitrogens with zero attached hydrogens (tertiary/aromatic N) is 7. The van der Waals surface area contributed by atoms with Crippen LogP contribution in [0.4, 0.5) is 5.69 Å². The summed E-state index contributed by atoms with van der Waals surface area (Å²) in [7, 11) is 3.57. The fourth-order valence-corrected chi connectivity index (χ4v) is 11.9. The summed E-state index contributed by atoms with van der Waals surface area (Å²) in [6.45, 7) is 2.39. The molecule has 0 saturated heterocycles. The van der Waals surface area contributed by atoms with Gasteiger partial charge in [-0.1, -0.05) is 41.7 Å². The van der Waals surface area contributed by atoms with Crippen LogP contribution in [-0.2, 0) is 40.6 Å². The summed E-state index contributed by atoms with van der Waals surface area (Å²) in [6, 6.07) is 15.8. The number of hydrogen-bond donors (Lipinski definition) is 1. The summed E-state index contributed by atoms with van der Waals surface area (Å²) in [5, 5.41) is 4.36. The van der Waals surface area contributed by atoms with Crippen LogP contribution in [0.5, 0.6) is 0 Å². The highest BCUT2D eigenvalue weighted by molar-refractivity contribution is 7.94. The first-order valence-electron chi connectivity index (χ1n) is 17.0. The van der Waals surface area contributed by atoms with Crippen LogP contribution < -0.4 is 5.73 Å². The second-order valence-corrected chi connectivity index (χ2v) is 18.8. The van der Waals surface area contributed by atoms with Crippen molar-refractivity contribution in [3.8, 4) is 44.6 Å². The quantitative estimate of drug-likeness (QED) is 0.113. The zero-order chi connectivity index (χ0) is 37.3. The third-order valence-electron chi connectivity index (χ3n) is 8.88. The van der Waals surface area contributed by atoms with E-state index in [2.05, 4.69) is 14.5 Å². The van der Waals surface area contributed by atoms with Gasteiger partial charge in [0.1, 0.15) is 43.4 Å². The van der Waals surface area contributed by atoms with Crippen molar-refractivity contribution in [2.75, 3.05) is 31.0 Å². The molecule has 8 aromatic rings. The highest BCUT2D eigenvalue weighted by Crippen LogP contribution is 2.44. The van der Waals surface area contributed by atoms with Crippen LogP contribution in [0.2, 0.25) is 0 Å². The first-order valence-corrected chi connectivity index (χ1v) is 22.2. The molecule has 0 saturated carbocycles. The van der Waals surface area contributed by atoms with Gasteiger partial charge in [0.05, 0.1) is 35.6 Å². The zero-order valence-electron chi connectivity index (χ0n) is 29.5. The van der Waals surface area contributed by atoms with Crippen LogP contribution in [0, 0.1) is 0 Å². The molecular weight excluding hydrogens is 777 g/mol. The Bertz CT molecular complexity index is 2570. The highest BCUT2D eigenvalue weighted by Gasteiger charge is 2.27. The topological polar surface area (TPSA) is 164 Å². The van der Waals surface area contributed by atoms with E-state index < -0.39 is 22.4 Å². The van der Waals surface area contributed by atoms with E-state index in [9.17, 15) is 9.11 Å². The number of nitrogen functional groups attached to an aromatic ring is 1. The summed E-state index contributed by atoms with van der Waals surface area (Å²) < 4.78 is 35.0. The van der Waals surface area contributed by atoms with Crippen molar-refractivity contribution >= 4 is 82.5 Å². The van der Waals surface area contributed by atoms with Crippen LogP contribution >= 0.6 is 34.0 Å². The predicted molar refractivity (Wildman–Crippen MR) is 221 cm³/mol. The Balaban J connectivity index is 1.21. The van der Waals surface area contributed by atoms with Crippen LogP contribution in [0.1, 0.15) is 24.7 Å². The zero-order valence-corrected chi connectivity index (χ0v) is 33.6. The minimum absolute atomic E-state index is 0.336. The lowest BCUT2D eigenvalue weighted by Crippen LogP contribution is -2.11. The molecule has 0 fully saturated rings. The molecular formula is C38H34N8O3S5. The Morgan fingerprint density at radius 2 is 1.69 bits per heavy atom. The number of rotatable bonds is 13. The molecule has 0 aliphatic heterocycles. The smallest absolute Gasteiger partial charge is 0.232 e. The van der Waals surface area contributed by atoms with Gasteiger partial charge >= 0.3 is 0 Å². The summed E-state index contributed by atoms with van der Waals surface area (Å²) in [5.74, 6) is 1.74. The van der Waals surface area contributed by atoms with E-state index in [1.165, 1.54) is 34.0 Å². The monoisotopic (exact) mass is 810 g/mol. The minimum Gasteiger partial charge on any atom is -0.611 e. The maximum atomic E-state index is 13.3. The van der Waals surface area contributed by atoms with Gasteiger partial charge in [0.25, 0.3) is 0 Å². The Morgan fingerprint density at radius 1 is 0.852 bits per heavy atom. The average Bonchev–Trinajstić information content (AvgIpc) is 4.01. The fourth-order valence-electron chi connectivity index (χ4n) is 6.27. The summed E-state index contributed by atoms with van der Waals surface area (Å²) in [5.41, 5.74) is 13.7. The normalized spacial score (nSPS) is 12.9. The van der Waals surface area contributed by atoms with Crippen molar-refractivity contribution in [1.82, 2.24) is 34.5 Å². The van der Waals surface area contributed by atoms with Crippen molar-refractivity contribution < 1.29 is 13.8 Å². The third-order valence-corrected chi connectivity index (χ3v) is 15.5. The SMILES string of the molecule is CCC[S+]([O-])c1cc2c(-c3ccccn3)cc(-c3ncccc3Cc3ncc(-c4cc(-c5nccs5)nc5sc([S+]([O-])CCOC)c(N)c45)n3C)nc2s1. The number of thiophene rings is 2. The molecule has 274 valence electrons. The van der Waals surface area contributed by atoms with Gasteiger partial charge in [-0.05, 0) is 53.5 Å². The molecule has 0 amide bonds. The van der Waals surface area contributed by atoms with E-state index in [-0.39, 0.29) is 0 Å². The summed E-state index contributed by atoms with van der Waals surface area (Å²) in [4.78, 5) is 30.4. The van der Waals surface area contributed by atoms with E-state index in [4.69, 9.17) is 30.4 Å². The van der Waals surface area contributed by atoms with Gasteiger partial charge in [0.15, 0.2) is 0 Å². The number of fused-ring (bicyclic) bond motifs is 2. The lowest BCUT2D eigenvalue weighted by atomic mass is 10.0. The van der Waals surface area contributed by atoms with Gasteiger partial charge in [0, 0.05) is 83.7 Å². The van der Waals surface area contributed by atoms with Gasteiger partial charge in [-0.3, -0.25) is 9.97 Å². The molecule has 8 heterocycles. The van der Waals surface area contributed by atoms with E-state index in [1.807, 2.05) is 74.1 Å². The van der Waals surface area contributed by atoms with Crippen LogP contribution in [0.15, 0.2) is 87.1 Å². The maximum absolute atomic E-state index is 13.3. The van der Waals surface area contributed by atoms with Crippen LogP contribution in [-0.4, -0.2) is 68.8 Å². The van der Waals surface area contributed by atoms with Crippen LogP contribution in [0.25, 0.3) is 65.0 Å². The number of thiazole rings is 1. The Hall–Kier alpha value is -4.26. The van der Waals surface area contributed by atoms with Gasteiger partial charge in [-0.2, -0.15) is 0 Å². The Morgan fingerprint density at radius 3 is 2.46 bits per heavy atom. The number of anilines is 1. The second-order valence-electron chi connectivity index (χ2n) is 12.3. The number of nitrogens with two attached hydrogens (primary N) is 1. The molecule has 2 atom stereocenters. The molecule has 0 aliphatic rings. The number of ether oxygens (including phenoxy) is 1. The van der Waals surface area contributed by atoms with Crippen molar-refractivity contribution in [3.63, 3.8) is 0 Å². The van der Waals surface area contributed by atoms with Gasteiger partial charge < -0.3 is 24.1 Å². The standard InChI is InChI=1S/C38H34N8O3S5/c1-4-15-53(47)31-20-24-23(26-9-5-6-10-40-26)18-27(44-35(24)51-31)34-22(8-7-11-41-34)17-30-43-21-29(46(30)2)25-19-28(36-42-12-14-50-36)45-37-32(25)33(39)38(52-37)54(48)16-13-49-3/h5-12,14,18-21H,4,13,15-17,39H2,1-3H3. The van der Waals surface area contributed by atoms with Gasteiger partial charge in [-0.25, -0.2) is 19.9 Å². The number of pyridine rings is 4. The Labute approximate surface area is 329 Å². The molecule has 0 aliphatic carbocycles. The summed E-state index contributed by atoms with van der Waals surface area (Å²) >= 11 is 1.85. The lowest BCUT2D eigenvalue weighted by Gasteiger charge is -2.12. The number of methoxy groups -OCH3 is 1. The number of imidazole rings is 1. The van der Waals surface area contributed by atoms with E-state index >= 15 is 0 Å². The van der Waals surface area contributed by atoms with Crippen LogP contribution in [0.3, 0.4) is 0 Å². The Kier molecular flexibility index (Phi) is 10.8. The lowest BCUT2D eigenvalue weighted by molar-refractivity contribution is 0.217.